The lowest BCUT2D eigenvalue weighted by Gasteiger charge is -2.26. The van der Waals surface area contributed by atoms with E-state index in [9.17, 15) is 4.79 Å². The summed E-state index contributed by atoms with van der Waals surface area (Å²) in [5.74, 6) is 1.31. The van der Waals surface area contributed by atoms with Crippen LogP contribution < -0.4 is 10.3 Å². The molecule has 5 rings (SSSR count). The fraction of sp³-hybridized carbons (Fsp3) is 0.304. The van der Waals surface area contributed by atoms with Crippen molar-refractivity contribution in [2.75, 3.05) is 39.5 Å². The molecule has 0 atom stereocenters. The molecule has 1 N–H and O–H groups in total. The molecule has 7 nitrogen and oxygen atoms in total. The van der Waals surface area contributed by atoms with Crippen molar-refractivity contribution in [1.82, 2.24) is 19.4 Å². The van der Waals surface area contributed by atoms with E-state index in [0.29, 0.717) is 12.6 Å². The van der Waals surface area contributed by atoms with Gasteiger partial charge in [0.1, 0.15) is 5.75 Å². The number of para-hydroxylation sites is 1. The summed E-state index contributed by atoms with van der Waals surface area (Å²) in [5.41, 5.74) is 2.34. The van der Waals surface area contributed by atoms with E-state index in [4.69, 9.17) is 9.47 Å². The quantitative estimate of drug-likeness (QED) is 0.500. The summed E-state index contributed by atoms with van der Waals surface area (Å²) < 4.78 is 12.9. The molecule has 0 saturated carbocycles. The molecule has 30 heavy (non-hydrogen) atoms. The summed E-state index contributed by atoms with van der Waals surface area (Å²) >= 11 is 0. The Morgan fingerprint density at radius 1 is 1.07 bits per heavy atom. The molecular formula is C23H24N4O3. The smallest absolute Gasteiger partial charge is 0.257 e. The van der Waals surface area contributed by atoms with Gasteiger partial charge in [0, 0.05) is 31.8 Å². The Balaban J connectivity index is 1.33. The van der Waals surface area contributed by atoms with Crippen molar-refractivity contribution in [2.45, 2.75) is 6.42 Å². The Morgan fingerprint density at radius 3 is 2.83 bits per heavy atom. The minimum absolute atomic E-state index is 0.118. The summed E-state index contributed by atoms with van der Waals surface area (Å²) in [6, 6.07) is 17.0. The number of hydrogen-bond donors (Lipinski definition) is 1. The molecule has 1 aliphatic rings. The fourth-order valence-corrected chi connectivity index (χ4v) is 3.88. The lowest BCUT2D eigenvalue weighted by Crippen LogP contribution is -2.37. The Hall–Kier alpha value is -3.16. The van der Waals surface area contributed by atoms with Crippen LogP contribution in [0.2, 0.25) is 0 Å². The lowest BCUT2D eigenvalue weighted by molar-refractivity contribution is 0.0358. The van der Waals surface area contributed by atoms with Crippen LogP contribution in [0.1, 0.15) is 6.42 Å². The Morgan fingerprint density at radius 2 is 1.93 bits per heavy atom. The molecule has 2 aromatic carbocycles. The summed E-state index contributed by atoms with van der Waals surface area (Å²) in [4.78, 5) is 22.9. The molecule has 3 heterocycles. The number of morpholine rings is 1. The van der Waals surface area contributed by atoms with Crippen molar-refractivity contribution in [3.63, 3.8) is 0 Å². The SMILES string of the molecule is O=c1ccc2ccccc2n1-c1nc2ccc(OCCCN3CCOCC3)cc2[nH]1. The monoisotopic (exact) mass is 404 g/mol. The van der Waals surface area contributed by atoms with Gasteiger partial charge in [-0.2, -0.15) is 0 Å². The van der Waals surface area contributed by atoms with E-state index in [0.717, 1.165) is 67.0 Å². The molecule has 154 valence electrons. The molecule has 0 aliphatic carbocycles. The van der Waals surface area contributed by atoms with Crippen molar-refractivity contribution in [1.29, 1.82) is 0 Å². The third-order valence-corrected chi connectivity index (χ3v) is 5.45. The van der Waals surface area contributed by atoms with Gasteiger partial charge in [0.2, 0.25) is 5.95 Å². The molecule has 4 aromatic rings. The number of aromatic amines is 1. The van der Waals surface area contributed by atoms with Crippen LogP contribution in [0.5, 0.6) is 5.75 Å². The molecule has 0 radical (unpaired) electrons. The number of ether oxygens (including phenoxy) is 2. The molecule has 2 aromatic heterocycles. The second kappa shape index (κ2) is 8.30. The molecule has 1 aliphatic heterocycles. The third-order valence-electron chi connectivity index (χ3n) is 5.45. The average molecular weight is 404 g/mol. The number of fused-ring (bicyclic) bond motifs is 2. The largest absolute Gasteiger partial charge is 0.493 e. The first-order valence-corrected chi connectivity index (χ1v) is 10.3. The maximum Gasteiger partial charge on any atom is 0.257 e. The normalized spacial score (nSPS) is 15.1. The van der Waals surface area contributed by atoms with Crippen molar-refractivity contribution >= 4 is 21.9 Å². The minimum atomic E-state index is -0.118. The first-order valence-electron chi connectivity index (χ1n) is 10.3. The number of imidazole rings is 1. The molecule has 0 amide bonds. The highest BCUT2D eigenvalue weighted by molar-refractivity contribution is 5.82. The molecule has 0 bridgehead atoms. The highest BCUT2D eigenvalue weighted by Gasteiger charge is 2.12. The standard InChI is InChI=1S/C23H24N4O3/c28-22-9-6-17-4-1-2-5-21(17)27(22)23-24-19-8-7-18(16-20(19)25-23)30-13-3-10-26-11-14-29-15-12-26/h1-2,4-9,16H,3,10-15H2,(H,24,25). The number of benzene rings is 2. The van der Waals surface area contributed by atoms with Crippen LogP contribution in [0.3, 0.4) is 0 Å². The molecular weight excluding hydrogens is 380 g/mol. The summed E-state index contributed by atoms with van der Waals surface area (Å²) in [6.45, 7) is 5.31. The maximum absolute atomic E-state index is 12.5. The summed E-state index contributed by atoms with van der Waals surface area (Å²) in [5, 5.41) is 0.988. The number of H-pyrrole nitrogens is 1. The van der Waals surface area contributed by atoms with Crippen LogP contribution in [0.15, 0.2) is 59.4 Å². The van der Waals surface area contributed by atoms with Crippen molar-refractivity contribution in [3.8, 4) is 11.7 Å². The zero-order valence-corrected chi connectivity index (χ0v) is 16.7. The molecule has 0 spiro atoms. The highest BCUT2D eigenvalue weighted by atomic mass is 16.5. The first-order chi connectivity index (χ1) is 14.8. The number of aromatic nitrogens is 3. The van der Waals surface area contributed by atoms with Crippen LogP contribution >= 0.6 is 0 Å². The molecule has 0 unspecified atom stereocenters. The van der Waals surface area contributed by atoms with Gasteiger partial charge in [0.15, 0.2) is 0 Å². The van der Waals surface area contributed by atoms with E-state index >= 15 is 0 Å². The fourth-order valence-electron chi connectivity index (χ4n) is 3.88. The Labute approximate surface area is 173 Å². The Bertz CT molecular complexity index is 1220. The first kappa shape index (κ1) is 18.8. The van der Waals surface area contributed by atoms with Gasteiger partial charge in [-0.1, -0.05) is 18.2 Å². The third kappa shape index (κ3) is 3.81. The van der Waals surface area contributed by atoms with Crippen LogP contribution in [-0.2, 0) is 4.74 Å². The Kier molecular flexibility index (Phi) is 5.21. The van der Waals surface area contributed by atoms with Crippen LogP contribution in [0.25, 0.3) is 27.9 Å². The minimum Gasteiger partial charge on any atom is -0.493 e. The van der Waals surface area contributed by atoms with E-state index in [1.165, 1.54) is 0 Å². The number of pyridine rings is 1. The molecule has 1 saturated heterocycles. The number of rotatable bonds is 6. The zero-order chi connectivity index (χ0) is 20.3. The summed E-state index contributed by atoms with van der Waals surface area (Å²) in [7, 11) is 0. The van der Waals surface area contributed by atoms with Gasteiger partial charge in [-0.25, -0.2) is 9.55 Å². The maximum atomic E-state index is 12.5. The van der Waals surface area contributed by atoms with Gasteiger partial charge in [-0.05, 0) is 36.1 Å². The summed E-state index contributed by atoms with van der Waals surface area (Å²) in [6.07, 6.45) is 0.970. The van der Waals surface area contributed by atoms with E-state index < -0.39 is 0 Å². The van der Waals surface area contributed by atoms with E-state index in [1.807, 2.05) is 48.5 Å². The predicted molar refractivity (Wildman–Crippen MR) is 117 cm³/mol. The average Bonchev–Trinajstić information content (AvgIpc) is 3.20. The number of nitrogens with zero attached hydrogens (tertiary/aromatic N) is 3. The van der Waals surface area contributed by atoms with Crippen LogP contribution in [0.4, 0.5) is 0 Å². The van der Waals surface area contributed by atoms with Crippen molar-refractivity contribution < 1.29 is 9.47 Å². The molecule has 1 fully saturated rings. The van der Waals surface area contributed by atoms with Gasteiger partial charge in [-0.3, -0.25) is 9.69 Å². The second-order valence-corrected chi connectivity index (χ2v) is 7.46. The predicted octanol–water partition coefficient (Wildman–Crippen LogP) is 2.97. The van der Waals surface area contributed by atoms with Gasteiger partial charge in [0.05, 0.1) is 36.4 Å². The van der Waals surface area contributed by atoms with Gasteiger partial charge >= 0.3 is 0 Å². The van der Waals surface area contributed by atoms with Crippen molar-refractivity contribution in [2.24, 2.45) is 0 Å². The van der Waals surface area contributed by atoms with E-state index in [-0.39, 0.29) is 5.56 Å². The van der Waals surface area contributed by atoms with Crippen molar-refractivity contribution in [3.05, 3.63) is 65.0 Å². The van der Waals surface area contributed by atoms with Gasteiger partial charge < -0.3 is 14.5 Å². The highest BCUT2D eigenvalue weighted by Crippen LogP contribution is 2.22. The lowest BCUT2D eigenvalue weighted by atomic mass is 10.2. The van der Waals surface area contributed by atoms with E-state index in [1.54, 1.807) is 10.6 Å². The van der Waals surface area contributed by atoms with Gasteiger partial charge in [-0.15, -0.1) is 0 Å². The van der Waals surface area contributed by atoms with Gasteiger partial charge in [0.25, 0.3) is 5.56 Å². The van der Waals surface area contributed by atoms with E-state index in [2.05, 4.69) is 14.9 Å². The number of hydrogen-bond acceptors (Lipinski definition) is 5. The topological polar surface area (TPSA) is 72.4 Å². The second-order valence-electron chi connectivity index (χ2n) is 7.46. The molecule has 7 heteroatoms. The zero-order valence-electron chi connectivity index (χ0n) is 16.7. The van der Waals surface area contributed by atoms with Crippen LogP contribution in [-0.4, -0.2) is 58.9 Å². The number of nitrogens with one attached hydrogen (secondary N) is 1. The van der Waals surface area contributed by atoms with Crippen LogP contribution in [0, 0.1) is 0 Å².